The predicted octanol–water partition coefficient (Wildman–Crippen LogP) is 0.625. The average molecular weight is 222 g/mol. The van der Waals surface area contributed by atoms with Gasteiger partial charge in [0.2, 0.25) is 5.91 Å². The Morgan fingerprint density at radius 2 is 1.73 bits per heavy atom. The van der Waals surface area contributed by atoms with E-state index in [2.05, 4.69) is 0 Å². The Hall–Kier alpha value is -1.20. The second-order valence-corrected chi connectivity index (χ2v) is 3.04. The lowest BCUT2D eigenvalue weighted by Crippen LogP contribution is -2.48. The Kier molecular flexibility index (Phi) is 5.81. The number of hydrogen-bond acceptors (Lipinski definition) is 2. The van der Waals surface area contributed by atoms with Crippen LogP contribution < -0.4 is 5.32 Å². The molecule has 0 radical (unpaired) electrons. The van der Waals surface area contributed by atoms with Crippen LogP contribution in [0.5, 0.6) is 0 Å². The lowest BCUT2D eigenvalue weighted by molar-refractivity contribution is -0.139. The van der Waals surface area contributed by atoms with E-state index in [1.54, 1.807) is 13.8 Å². The number of amides is 2. The summed E-state index contributed by atoms with van der Waals surface area (Å²) in [6.07, 6.45) is -3.09. The summed E-state index contributed by atoms with van der Waals surface area (Å²) >= 11 is 0. The number of carbonyl (C=O) groups excluding carboxylic acids is 2. The van der Waals surface area contributed by atoms with Gasteiger partial charge in [-0.05, 0) is 20.8 Å². The molecule has 1 N–H and O–H groups in total. The quantitative estimate of drug-likeness (QED) is 0.741. The Morgan fingerprint density at radius 1 is 1.27 bits per heavy atom. The molecule has 4 nitrogen and oxygen atoms in total. The maximum Gasteiger partial charge on any atom is 0.315 e. The minimum Gasteiger partial charge on any atom is -0.341 e. The highest BCUT2D eigenvalue weighted by molar-refractivity contribution is 5.88. The number of carbonyl (C=O) groups is 2. The topological polar surface area (TPSA) is 49.4 Å². The van der Waals surface area contributed by atoms with Gasteiger partial charge in [0.05, 0.1) is 0 Å². The molecular formula is C9H16F2N2O2. The highest BCUT2D eigenvalue weighted by Crippen LogP contribution is 1.97. The summed E-state index contributed by atoms with van der Waals surface area (Å²) in [5, 5.41) is 1.95. The van der Waals surface area contributed by atoms with Crippen LogP contribution in [0.1, 0.15) is 20.8 Å². The molecule has 0 saturated carbocycles. The summed E-state index contributed by atoms with van der Waals surface area (Å²) < 4.78 is 23.8. The first kappa shape index (κ1) is 13.8. The third-order valence-corrected chi connectivity index (χ3v) is 2.00. The molecule has 0 saturated heterocycles. The van der Waals surface area contributed by atoms with Crippen LogP contribution in [0.3, 0.4) is 0 Å². The molecular weight excluding hydrogens is 206 g/mol. The second kappa shape index (κ2) is 6.31. The van der Waals surface area contributed by atoms with Gasteiger partial charge < -0.3 is 10.2 Å². The molecule has 0 bridgehead atoms. The smallest absolute Gasteiger partial charge is 0.315 e. The summed E-state index contributed by atoms with van der Waals surface area (Å²) in [7, 11) is 0. The van der Waals surface area contributed by atoms with Gasteiger partial charge >= 0.3 is 6.43 Å². The van der Waals surface area contributed by atoms with Gasteiger partial charge in [-0.3, -0.25) is 9.59 Å². The molecule has 0 fully saturated rings. The third-order valence-electron chi connectivity index (χ3n) is 2.00. The van der Waals surface area contributed by atoms with E-state index in [0.717, 1.165) is 0 Å². The van der Waals surface area contributed by atoms with Gasteiger partial charge in [-0.1, -0.05) is 0 Å². The van der Waals surface area contributed by atoms with Crippen molar-refractivity contribution in [2.45, 2.75) is 33.2 Å². The van der Waals surface area contributed by atoms with Crippen LogP contribution in [0.2, 0.25) is 0 Å². The molecule has 0 rings (SSSR count). The minimum absolute atomic E-state index is 0.353. The first-order valence-corrected chi connectivity index (χ1v) is 4.81. The van der Waals surface area contributed by atoms with Gasteiger partial charge in [0, 0.05) is 13.1 Å². The average Bonchev–Trinajstić information content (AvgIpc) is 2.19. The van der Waals surface area contributed by atoms with Gasteiger partial charge in [0.25, 0.3) is 5.91 Å². The van der Waals surface area contributed by atoms with Gasteiger partial charge in [0.15, 0.2) is 0 Å². The molecule has 1 atom stereocenters. The van der Waals surface area contributed by atoms with Crippen LogP contribution in [0.15, 0.2) is 0 Å². The van der Waals surface area contributed by atoms with E-state index >= 15 is 0 Å². The number of halogens is 2. The van der Waals surface area contributed by atoms with E-state index in [9.17, 15) is 18.4 Å². The lowest BCUT2D eigenvalue weighted by atomic mass is 10.2. The van der Waals surface area contributed by atoms with Crippen molar-refractivity contribution in [1.82, 2.24) is 10.2 Å². The molecule has 0 aromatic rings. The number of hydrogen-bond donors (Lipinski definition) is 1. The van der Waals surface area contributed by atoms with Crippen molar-refractivity contribution in [3.63, 3.8) is 0 Å². The molecule has 0 aliphatic carbocycles. The molecule has 2 amide bonds. The molecule has 0 aromatic heterocycles. The molecule has 0 spiro atoms. The van der Waals surface area contributed by atoms with Crippen molar-refractivity contribution in [1.29, 1.82) is 0 Å². The summed E-state index contributed by atoms with van der Waals surface area (Å²) in [6, 6.07) is -0.911. The first-order valence-electron chi connectivity index (χ1n) is 4.81. The van der Waals surface area contributed by atoms with Crippen LogP contribution in [0.4, 0.5) is 8.78 Å². The maximum absolute atomic E-state index is 11.9. The molecule has 15 heavy (non-hydrogen) atoms. The van der Waals surface area contributed by atoms with Crippen LogP contribution >= 0.6 is 0 Å². The Balaban J connectivity index is 4.26. The predicted molar refractivity (Wildman–Crippen MR) is 51.5 cm³/mol. The summed E-state index contributed by atoms with van der Waals surface area (Å²) in [5.74, 6) is -1.77. The monoisotopic (exact) mass is 222 g/mol. The summed E-state index contributed by atoms with van der Waals surface area (Å²) in [5.41, 5.74) is 0. The Labute approximate surface area is 87.6 Å². The van der Waals surface area contributed by atoms with Crippen molar-refractivity contribution < 1.29 is 18.4 Å². The van der Waals surface area contributed by atoms with Crippen LogP contribution in [-0.2, 0) is 9.59 Å². The van der Waals surface area contributed by atoms with Gasteiger partial charge in [-0.2, -0.15) is 8.78 Å². The van der Waals surface area contributed by atoms with Crippen molar-refractivity contribution in [2.24, 2.45) is 0 Å². The van der Waals surface area contributed by atoms with E-state index in [-0.39, 0.29) is 5.91 Å². The largest absolute Gasteiger partial charge is 0.341 e. The number of nitrogens with zero attached hydrogens (tertiary/aromatic N) is 1. The van der Waals surface area contributed by atoms with Crippen molar-refractivity contribution in [3.8, 4) is 0 Å². The van der Waals surface area contributed by atoms with Gasteiger partial charge in [-0.15, -0.1) is 0 Å². The lowest BCUT2D eigenvalue weighted by Gasteiger charge is -2.23. The normalized spacial score (nSPS) is 12.4. The number of alkyl halides is 2. The molecule has 6 heteroatoms. The third kappa shape index (κ3) is 4.22. The standard InChI is InChI=1S/C9H16F2N2O2/c1-4-13(5-2)9(15)6(3)12-8(14)7(10)11/h6-7H,4-5H2,1-3H3,(H,12,14). The second-order valence-electron chi connectivity index (χ2n) is 3.04. The minimum atomic E-state index is -3.09. The van der Waals surface area contributed by atoms with Crippen LogP contribution in [0.25, 0.3) is 0 Å². The maximum atomic E-state index is 11.9. The molecule has 1 unspecified atom stereocenters. The highest BCUT2D eigenvalue weighted by atomic mass is 19.3. The SMILES string of the molecule is CCN(CC)C(=O)C(C)NC(=O)C(F)F. The number of rotatable bonds is 5. The van der Waals surface area contributed by atoms with E-state index < -0.39 is 18.4 Å². The van der Waals surface area contributed by atoms with Crippen molar-refractivity contribution >= 4 is 11.8 Å². The Morgan fingerprint density at radius 3 is 2.07 bits per heavy atom. The van der Waals surface area contributed by atoms with Gasteiger partial charge in [0.1, 0.15) is 6.04 Å². The zero-order chi connectivity index (χ0) is 12.0. The van der Waals surface area contributed by atoms with Crippen molar-refractivity contribution in [3.05, 3.63) is 0 Å². The molecule has 0 heterocycles. The molecule has 88 valence electrons. The van der Waals surface area contributed by atoms with Crippen LogP contribution in [0, 0.1) is 0 Å². The van der Waals surface area contributed by atoms with Crippen LogP contribution in [-0.4, -0.2) is 42.3 Å². The van der Waals surface area contributed by atoms with E-state index in [4.69, 9.17) is 0 Å². The van der Waals surface area contributed by atoms with Crippen molar-refractivity contribution in [2.75, 3.05) is 13.1 Å². The zero-order valence-corrected chi connectivity index (χ0v) is 9.09. The Bertz CT molecular complexity index is 230. The first-order chi connectivity index (χ1) is 6.93. The molecule has 0 aliphatic rings. The van der Waals surface area contributed by atoms with E-state index in [1.807, 2.05) is 5.32 Å². The summed E-state index contributed by atoms with van der Waals surface area (Å²) in [4.78, 5) is 23.6. The fraction of sp³-hybridized carbons (Fsp3) is 0.778. The number of likely N-dealkylation sites (N-methyl/N-ethyl adjacent to an activating group) is 1. The fourth-order valence-electron chi connectivity index (χ4n) is 1.15. The van der Waals surface area contributed by atoms with E-state index in [1.165, 1.54) is 11.8 Å². The zero-order valence-electron chi connectivity index (χ0n) is 9.09. The summed E-state index contributed by atoms with van der Waals surface area (Å²) in [6.45, 7) is 5.93. The fourth-order valence-corrected chi connectivity index (χ4v) is 1.15. The van der Waals surface area contributed by atoms with Gasteiger partial charge in [-0.25, -0.2) is 0 Å². The van der Waals surface area contributed by atoms with E-state index in [0.29, 0.717) is 13.1 Å². The number of nitrogens with one attached hydrogen (secondary N) is 1. The highest BCUT2D eigenvalue weighted by Gasteiger charge is 2.23. The molecule has 0 aliphatic heterocycles. The molecule has 0 aromatic carbocycles.